The fourth-order valence-corrected chi connectivity index (χ4v) is 2.48. The molecule has 0 fully saturated rings. The van der Waals surface area contributed by atoms with E-state index < -0.39 is 79.1 Å². The summed E-state index contributed by atoms with van der Waals surface area (Å²) in [7, 11) is 0. The number of nitrogens with one attached hydrogen (secondary N) is 3. The van der Waals surface area contributed by atoms with Gasteiger partial charge in [-0.05, 0) is 12.3 Å². The Kier molecular flexibility index (Phi) is 12.2. The molecule has 0 aliphatic heterocycles. The summed E-state index contributed by atoms with van der Waals surface area (Å²) < 4.78 is 0. The smallest absolute Gasteiger partial charge is 0.326 e. The van der Waals surface area contributed by atoms with Gasteiger partial charge in [-0.3, -0.25) is 24.0 Å². The third-order valence-corrected chi connectivity index (χ3v) is 4.47. The minimum atomic E-state index is -1.79. The van der Waals surface area contributed by atoms with E-state index in [1.165, 1.54) is 0 Å². The summed E-state index contributed by atoms with van der Waals surface area (Å²) in [6.45, 7) is 3.39. The first-order valence-corrected chi connectivity index (χ1v) is 9.87. The Morgan fingerprint density at radius 3 is 1.71 bits per heavy atom. The molecule has 176 valence electrons. The molecule has 0 bridgehead atoms. The number of amides is 3. The molecule has 0 rings (SSSR count). The van der Waals surface area contributed by atoms with E-state index in [-0.39, 0.29) is 11.7 Å². The predicted octanol–water partition coefficient (Wildman–Crippen LogP) is -2.22. The molecule has 0 saturated heterocycles. The molecule has 0 aliphatic carbocycles. The Morgan fingerprint density at radius 2 is 1.29 bits per heavy atom. The van der Waals surface area contributed by atoms with Crippen LogP contribution in [0, 0.1) is 5.92 Å². The van der Waals surface area contributed by atoms with Gasteiger partial charge in [0.25, 0.3) is 0 Å². The van der Waals surface area contributed by atoms with Crippen molar-refractivity contribution in [3.63, 3.8) is 0 Å². The normalized spacial score (nSPS) is 14.6. The molecular weight excluding hydrogens is 436 g/mol. The van der Waals surface area contributed by atoms with Crippen LogP contribution < -0.4 is 21.7 Å². The summed E-state index contributed by atoms with van der Waals surface area (Å²) in [4.78, 5) is 69.8. The quantitative estimate of drug-likeness (QED) is 0.129. The maximum Gasteiger partial charge on any atom is 0.326 e. The Labute approximate surface area is 183 Å². The highest BCUT2D eigenvalue weighted by Gasteiger charge is 2.31. The highest BCUT2D eigenvalue weighted by atomic mass is 32.1. The lowest BCUT2D eigenvalue weighted by Gasteiger charge is -2.24. The predicted molar refractivity (Wildman–Crippen MR) is 109 cm³/mol. The number of rotatable bonds is 14. The molecule has 0 spiro atoms. The standard InChI is InChI=1S/C17H28N4O9S/c1-7(2)13(18)16(28)21-10(6-31)15(27)19-8(3-4-11(22)23)14(26)20-9(17(29)30)5-12(24)25/h7-10,13,31H,3-6,18H2,1-2H3,(H,19,27)(H,20,26)(H,21,28)(H,22,23)(H,24,25)(H,29,30). The lowest BCUT2D eigenvalue weighted by molar-refractivity contribution is -0.147. The number of thiol groups is 1. The number of aliphatic carboxylic acids is 3. The molecule has 0 aromatic rings. The third kappa shape index (κ3) is 10.6. The molecule has 4 unspecified atom stereocenters. The number of carbonyl (C=O) groups excluding carboxylic acids is 3. The van der Waals surface area contributed by atoms with Crippen molar-refractivity contribution in [3.8, 4) is 0 Å². The zero-order valence-electron chi connectivity index (χ0n) is 17.0. The van der Waals surface area contributed by atoms with Crippen molar-refractivity contribution in [2.75, 3.05) is 5.75 Å². The van der Waals surface area contributed by atoms with E-state index in [2.05, 4.69) is 23.3 Å². The molecule has 0 saturated carbocycles. The van der Waals surface area contributed by atoms with Gasteiger partial charge in [-0.25, -0.2) is 4.79 Å². The van der Waals surface area contributed by atoms with Crippen molar-refractivity contribution in [1.82, 2.24) is 16.0 Å². The summed E-state index contributed by atoms with van der Waals surface area (Å²) >= 11 is 3.97. The van der Waals surface area contributed by atoms with Crippen molar-refractivity contribution >= 4 is 48.3 Å². The zero-order valence-corrected chi connectivity index (χ0v) is 17.9. The van der Waals surface area contributed by atoms with Crippen LogP contribution in [0.1, 0.15) is 33.1 Å². The van der Waals surface area contributed by atoms with Crippen LogP contribution in [0.3, 0.4) is 0 Å². The Bertz CT molecular complexity index is 701. The molecule has 31 heavy (non-hydrogen) atoms. The van der Waals surface area contributed by atoms with Crippen LogP contribution in [-0.4, -0.2) is 80.9 Å². The van der Waals surface area contributed by atoms with Crippen molar-refractivity contribution < 1.29 is 44.1 Å². The average molecular weight is 464 g/mol. The van der Waals surface area contributed by atoms with Crippen LogP contribution >= 0.6 is 12.6 Å². The minimum Gasteiger partial charge on any atom is -0.481 e. The Balaban J connectivity index is 5.38. The second kappa shape index (κ2) is 13.4. The molecule has 3 amide bonds. The molecule has 4 atom stereocenters. The van der Waals surface area contributed by atoms with E-state index in [1.54, 1.807) is 13.8 Å². The maximum absolute atomic E-state index is 12.5. The number of carboxylic acids is 3. The van der Waals surface area contributed by atoms with Gasteiger partial charge in [-0.2, -0.15) is 12.6 Å². The highest BCUT2D eigenvalue weighted by Crippen LogP contribution is 2.04. The van der Waals surface area contributed by atoms with Gasteiger partial charge in [0.05, 0.1) is 12.5 Å². The summed E-state index contributed by atoms with van der Waals surface area (Å²) in [5.41, 5.74) is 5.71. The van der Waals surface area contributed by atoms with Crippen LogP contribution in [0.15, 0.2) is 0 Å². The summed E-state index contributed by atoms with van der Waals surface area (Å²) in [5, 5.41) is 33.2. The first-order valence-electron chi connectivity index (χ1n) is 9.24. The molecule has 0 aromatic heterocycles. The first-order chi connectivity index (χ1) is 14.3. The van der Waals surface area contributed by atoms with Crippen molar-refractivity contribution in [3.05, 3.63) is 0 Å². The summed E-state index contributed by atoms with van der Waals surface area (Å²) in [5.74, 6) is -7.40. The maximum atomic E-state index is 12.5. The number of nitrogens with two attached hydrogens (primary N) is 1. The lowest BCUT2D eigenvalue weighted by Crippen LogP contribution is -2.58. The van der Waals surface area contributed by atoms with Gasteiger partial charge in [0.1, 0.15) is 18.1 Å². The van der Waals surface area contributed by atoms with Gasteiger partial charge in [0, 0.05) is 12.2 Å². The number of hydrogen-bond acceptors (Lipinski definition) is 8. The van der Waals surface area contributed by atoms with Gasteiger partial charge >= 0.3 is 17.9 Å². The summed E-state index contributed by atoms with van der Waals surface area (Å²) in [6, 6.07) is -5.42. The van der Waals surface area contributed by atoms with Gasteiger partial charge in [-0.15, -0.1) is 0 Å². The largest absolute Gasteiger partial charge is 0.481 e. The lowest BCUT2D eigenvalue weighted by atomic mass is 10.0. The topological polar surface area (TPSA) is 225 Å². The van der Waals surface area contributed by atoms with Gasteiger partial charge in [-0.1, -0.05) is 13.8 Å². The number of carbonyl (C=O) groups is 6. The monoisotopic (exact) mass is 464 g/mol. The Hall–Kier alpha value is -2.87. The molecule has 13 nitrogen and oxygen atoms in total. The molecule has 8 N–H and O–H groups in total. The zero-order chi connectivity index (χ0) is 24.3. The number of carboxylic acid groups (broad SMARTS) is 3. The summed E-state index contributed by atoms with van der Waals surface area (Å²) in [6.07, 6.45) is -1.89. The Morgan fingerprint density at radius 1 is 0.806 bits per heavy atom. The molecule has 0 aliphatic rings. The molecule has 0 aromatic carbocycles. The van der Waals surface area contributed by atoms with Crippen LogP contribution in [0.5, 0.6) is 0 Å². The third-order valence-electron chi connectivity index (χ3n) is 4.11. The van der Waals surface area contributed by atoms with Crippen molar-refractivity contribution in [1.29, 1.82) is 0 Å². The van der Waals surface area contributed by atoms with Crippen molar-refractivity contribution in [2.45, 2.75) is 57.3 Å². The van der Waals surface area contributed by atoms with Crippen LogP contribution in [0.25, 0.3) is 0 Å². The SMILES string of the molecule is CC(C)C(N)C(=O)NC(CS)C(=O)NC(CCC(=O)O)C(=O)NC(CC(=O)O)C(=O)O. The van der Waals surface area contributed by atoms with E-state index >= 15 is 0 Å². The average Bonchev–Trinajstić information content (AvgIpc) is 2.66. The van der Waals surface area contributed by atoms with Crippen LogP contribution in [-0.2, 0) is 28.8 Å². The fourth-order valence-electron chi connectivity index (χ4n) is 2.22. The van der Waals surface area contributed by atoms with E-state index in [4.69, 9.17) is 21.1 Å². The second-order valence-corrected chi connectivity index (χ2v) is 7.37. The van der Waals surface area contributed by atoms with Gasteiger partial charge < -0.3 is 37.0 Å². The molecule has 0 heterocycles. The molecular formula is C17H28N4O9S. The van der Waals surface area contributed by atoms with E-state index in [0.717, 1.165) is 0 Å². The van der Waals surface area contributed by atoms with E-state index in [0.29, 0.717) is 0 Å². The van der Waals surface area contributed by atoms with Crippen LogP contribution in [0.4, 0.5) is 0 Å². The van der Waals surface area contributed by atoms with Crippen molar-refractivity contribution in [2.24, 2.45) is 11.7 Å². The van der Waals surface area contributed by atoms with E-state index in [9.17, 15) is 28.8 Å². The van der Waals surface area contributed by atoms with Gasteiger partial charge in [0.15, 0.2) is 0 Å². The molecule has 0 radical (unpaired) electrons. The van der Waals surface area contributed by atoms with E-state index in [1.807, 2.05) is 5.32 Å². The van der Waals surface area contributed by atoms with Gasteiger partial charge in [0.2, 0.25) is 17.7 Å². The minimum absolute atomic E-state index is 0.174. The van der Waals surface area contributed by atoms with Crippen LogP contribution in [0.2, 0.25) is 0 Å². The molecule has 14 heteroatoms. The number of hydrogen-bond donors (Lipinski definition) is 8. The second-order valence-electron chi connectivity index (χ2n) is 7.00. The fraction of sp³-hybridized carbons (Fsp3) is 0.647. The highest BCUT2D eigenvalue weighted by molar-refractivity contribution is 7.80. The first kappa shape index (κ1) is 28.1.